The third-order valence-corrected chi connectivity index (χ3v) is 7.20. The summed E-state index contributed by atoms with van der Waals surface area (Å²) in [5, 5.41) is 12.7. The minimum absolute atomic E-state index is 0.0591. The fourth-order valence-corrected chi connectivity index (χ4v) is 5.61. The molecule has 140 valence electrons. The van der Waals surface area contributed by atoms with Crippen molar-refractivity contribution in [2.24, 2.45) is 10.8 Å². The minimum Gasteiger partial charge on any atom is -0.449 e. The number of aliphatic hydroxyl groups is 1. The van der Waals surface area contributed by atoms with Crippen molar-refractivity contribution in [3.8, 4) is 11.1 Å². The number of rotatable bonds is 5. The lowest BCUT2D eigenvalue weighted by atomic mass is 9.97. The van der Waals surface area contributed by atoms with Gasteiger partial charge in [0.15, 0.2) is 0 Å². The first-order valence-corrected chi connectivity index (χ1v) is 9.88. The summed E-state index contributed by atoms with van der Waals surface area (Å²) in [5.41, 5.74) is 5.08. The highest BCUT2D eigenvalue weighted by atomic mass is 16.5. The van der Waals surface area contributed by atoms with Crippen LogP contribution in [0.2, 0.25) is 0 Å². The molecule has 0 radical (unpaired) electrons. The zero-order valence-electron chi connectivity index (χ0n) is 15.4. The van der Waals surface area contributed by atoms with Crippen LogP contribution in [-0.4, -0.2) is 31.0 Å². The van der Waals surface area contributed by atoms with E-state index in [4.69, 9.17) is 4.74 Å². The van der Waals surface area contributed by atoms with Crippen molar-refractivity contribution >= 4 is 6.09 Å². The first-order chi connectivity index (χ1) is 13.2. The van der Waals surface area contributed by atoms with Crippen LogP contribution in [0.15, 0.2) is 48.5 Å². The van der Waals surface area contributed by atoms with Crippen molar-refractivity contribution in [3.63, 3.8) is 0 Å². The standard InChI is InChI=1S/C23H25NO3/c25-15-23-11-5-10-22(23,13-23)14-24-21(26)27-12-20-18-8-3-1-6-16(18)17-7-2-4-9-19(17)20/h1-4,6-9,20,25H,5,10-15H2,(H,24,26). The van der Waals surface area contributed by atoms with Crippen LogP contribution in [0.5, 0.6) is 0 Å². The van der Waals surface area contributed by atoms with E-state index in [0.29, 0.717) is 13.2 Å². The lowest BCUT2D eigenvalue weighted by Crippen LogP contribution is -2.33. The Morgan fingerprint density at radius 3 is 2.30 bits per heavy atom. The van der Waals surface area contributed by atoms with Crippen molar-refractivity contribution in [3.05, 3.63) is 59.7 Å². The lowest BCUT2D eigenvalue weighted by Gasteiger charge is -2.18. The van der Waals surface area contributed by atoms with Gasteiger partial charge in [-0.25, -0.2) is 4.79 Å². The normalized spacial score (nSPS) is 27.6. The van der Waals surface area contributed by atoms with Gasteiger partial charge in [-0.1, -0.05) is 55.0 Å². The fourth-order valence-electron chi connectivity index (χ4n) is 5.61. The molecule has 0 heterocycles. The van der Waals surface area contributed by atoms with E-state index in [9.17, 15) is 9.90 Å². The Morgan fingerprint density at radius 1 is 1.04 bits per heavy atom. The third-order valence-electron chi connectivity index (χ3n) is 7.20. The number of hydrogen-bond acceptors (Lipinski definition) is 3. The van der Waals surface area contributed by atoms with E-state index in [2.05, 4.69) is 41.7 Å². The molecule has 0 bridgehead atoms. The highest BCUT2D eigenvalue weighted by Gasteiger charge is 2.68. The molecule has 1 amide bonds. The number of alkyl carbamates (subject to hydrolysis) is 1. The van der Waals surface area contributed by atoms with Crippen molar-refractivity contribution in [1.29, 1.82) is 0 Å². The van der Waals surface area contributed by atoms with Gasteiger partial charge in [-0.15, -0.1) is 0 Å². The molecule has 3 aliphatic carbocycles. The number of nitrogens with one attached hydrogen (secondary N) is 1. The second-order valence-electron chi connectivity index (χ2n) is 8.43. The van der Waals surface area contributed by atoms with Crippen LogP contribution in [0.3, 0.4) is 0 Å². The van der Waals surface area contributed by atoms with E-state index in [0.717, 1.165) is 25.7 Å². The van der Waals surface area contributed by atoms with Crippen LogP contribution in [-0.2, 0) is 4.74 Å². The molecule has 4 nitrogen and oxygen atoms in total. The summed E-state index contributed by atoms with van der Waals surface area (Å²) in [6.45, 7) is 1.20. The zero-order valence-corrected chi connectivity index (χ0v) is 15.4. The number of fused-ring (bicyclic) bond motifs is 4. The van der Waals surface area contributed by atoms with E-state index >= 15 is 0 Å². The highest BCUT2D eigenvalue weighted by molar-refractivity contribution is 5.79. The summed E-state index contributed by atoms with van der Waals surface area (Å²) in [5.74, 6) is 0.0882. The Hall–Kier alpha value is -2.33. The van der Waals surface area contributed by atoms with E-state index in [1.165, 1.54) is 22.3 Å². The Bertz CT molecular complexity index is 849. The van der Waals surface area contributed by atoms with Crippen molar-refractivity contribution in [2.75, 3.05) is 19.8 Å². The van der Waals surface area contributed by atoms with E-state index < -0.39 is 0 Å². The molecule has 2 aromatic carbocycles. The van der Waals surface area contributed by atoms with Gasteiger partial charge in [0.05, 0.1) is 0 Å². The maximum Gasteiger partial charge on any atom is 0.407 e. The second kappa shape index (κ2) is 6.10. The minimum atomic E-state index is -0.350. The third kappa shape index (κ3) is 2.50. The monoisotopic (exact) mass is 363 g/mol. The Balaban J connectivity index is 1.24. The topological polar surface area (TPSA) is 58.6 Å². The maximum absolute atomic E-state index is 12.3. The predicted molar refractivity (Wildman–Crippen MR) is 103 cm³/mol. The van der Waals surface area contributed by atoms with Crippen LogP contribution in [0.1, 0.15) is 42.7 Å². The van der Waals surface area contributed by atoms with Crippen LogP contribution >= 0.6 is 0 Å². The molecule has 0 spiro atoms. The van der Waals surface area contributed by atoms with E-state index in [-0.39, 0.29) is 29.4 Å². The molecule has 2 fully saturated rings. The van der Waals surface area contributed by atoms with Crippen LogP contribution < -0.4 is 5.32 Å². The molecule has 0 saturated heterocycles. The highest BCUT2D eigenvalue weighted by Crippen LogP contribution is 2.72. The number of ether oxygens (including phenoxy) is 1. The smallest absolute Gasteiger partial charge is 0.407 e. The van der Waals surface area contributed by atoms with Gasteiger partial charge >= 0.3 is 6.09 Å². The number of benzene rings is 2. The van der Waals surface area contributed by atoms with Gasteiger partial charge in [0, 0.05) is 24.5 Å². The van der Waals surface area contributed by atoms with Gasteiger partial charge in [-0.3, -0.25) is 0 Å². The van der Waals surface area contributed by atoms with Gasteiger partial charge < -0.3 is 15.2 Å². The molecule has 2 N–H and O–H groups in total. The Morgan fingerprint density at radius 2 is 1.67 bits per heavy atom. The van der Waals surface area contributed by atoms with Gasteiger partial charge in [0.2, 0.25) is 0 Å². The molecule has 3 aliphatic rings. The first-order valence-electron chi connectivity index (χ1n) is 9.88. The predicted octanol–water partition coefficient (Wildman–Crippen LogP) is 4.08. The van der Waals surface area contributed by atoms with E-state index in [1.54, 1.807) is 0 Å². The lowest BCUT2D eigenvalue weighted by molar-refractivity contribution is 0.137. The molecule has 2 unspecified atom stereocenters. The van der Waals surface area contributed by atoms with Gasteiger partial charge in [-0.05, 0) is 46.9 Å². The molecule has 27 heavy (non-hydrogen) atoms. The van der Waals surface area contributed by atoms with Crippen LogP contribution in [0.4, 0.5) is 4.79 Å². The fraction of sp³-hybridized carbons (Fsp3) is 0.435. The molecule has 4 heteroatoms. The molecular formula is C23H25NO3. The maximum atomic E-state index is 12.3. The molecule has 2 aromatic rings. The van der Waals surface area contributed by atoms with Crippen molar-refractivity contribution in [1.82, 2.24) is 5.32 Å². The van der Waals surface area contributed by atoms with Crippen LogP contribution in [0, 0.1) is 10.8 Å². The zero-order chi connectivity index (χ0) is 18.5. The molecule has 2 atom stereocenters. The first kappa shape index (κ1) is 16.8. The summed E-state index contributed by atoms with van der Waals surface area (Å²) < 4.78 is 5.62. The Labute approximate surface area is 159 Å². The number of hydrogen-bond donors (Lipinski definition) is 2. The summed E-state index contributed by atoms with van der Waals surface area (Å²) in [6.07, 6.45) is 4.00. The van der Waals surface area contributed by atoms with Crippen LogP contribution in [0.25, 0.3) is 11.1 Å². The molecule has 2 saturated carbocycles. The molecule has 0 aromatic heterocycles. The summed E-state index contributed by atoms with van der Waals surface area (Å²) >= 11 is 0. The Kier molecular flexibility index (Phi) is 3.80. The van der Waals surface area contributed by atoms with Gasteiger partial charge in [0.1, 0.15) is 6.61 Å². The average Bonchev–Trinajstić information content (AvgIpc) is 3.03. The summed E-state index contributed by atoms with van der Waals surface area (Å²) in [6, 6.07) is 16.7. The average molecular weight is 363 g/mol. The number of aliphatic hydroxyl groups excluding tert-OH is 1. The summed E-state index contributed by atoms with van der Waals surface area (Å²) in [4.78, 5) is 12.3. The SMILES string of the molecule is O=C(NCC12CCCC1(CO)C2)OCC1c2ccccc2-c2ccccc21. The molecule has 0 aliphatic heterocycles. The number of carbonyl (C=O) groups excluding carboxylic acids is 1. The van der Waals surface area contributed by atoms with Crippen molar-refractivity contribution in [2.45, 2.75) is 31.6 Å². The molecule has 5 rings (SSSR count). The molecular weight excluding hydrogens is 338 g/mol. The second-order valence-corrected chi connectivity index (χ2v) is 8.43. The number of carbonyl (C=O) groups is 1. The largest absolute Gasteiger partial charge is 0.449 e. The quantitative estimate of drug-likeness (QED) is 0.842. The summed E-state index contributed by atoms with van der Waals surface area (Å²) in [7, 11) is 0. The van der Waals surface area contributed by atoms with Gasteiger partial charge in [-0.2, -0.15) is 0 Å². The number of amides is 1. The van der Waals surface area contributed by atoms with Gasteiger partial charge in [0.25, 0.3) is 0 Å². The van der Waals surface area contributed by atoms with E-state index in [1.807, 2.05) is 12.1 Å². The van der Waals surface area contributed by atoms with Crippen molar-refractivity contribution < 1.29 is 14.6 Å².